The smallest absolute Gasteiger partial charge is 0.168 e. The number of para-hydroxylation sites is 1. The summed E-state index contributed by atoms with van der Waals surface area (Å²) >= 11 is 0. The predicted octanol–water partition coefficient (Wildman–Crippen LogP) is 4.47. The molecule has 4 aromatic rings. The highest BCUT2D eigenvalue weighted by molar-refractivity contribution is 6.10. The fraction of sp³-hybridized carbons (Fsp3) is 0.217. The van der Waals surface area contributed by atoms with Crippen LogP contribution in [0.4, 0.5) is 0 Å². The zero-order chi connectivity index (χ0) is 18.2. The van der Waals surface area contributed by atoms with E-state index >= 15 is 0 Å². The number of hydrogen-bond acceptors (Lipinski definition) is 2. The summed E-state index contributed by atoms with van der Waals surface area (Å²) in [5, 5.41) is 1.03. The van der Waals surface area contributed by atoms with Gasteiger partial charge < -0.3 is 9.97 Å². The van der Waals surface area contributed by atoms with Gasteiger partial charge in [0, 0.05) is 46.6 Å². The molecular weight excluding hydrogens is 334 g/mol. The number of aromatic amines is 2. The molecule has 2 N–H and O–H groups in total. The number of aryl methyl sites for hydroxylation is 1. The van der Waals surface area contributed by atoms with Gasteiger partial charge in [-0.25, -0.2) is 4.98 Å². The molecular formula is C23H21N3O. The highest BCUT2D eigenvalue weighted by Crippen LogP contribution is 2.31. The molecule has 1 aliphatic rings. The Morgan fingerprint density at radius 3 is 2.78 bits per heavy atom. The molecule has 2 heterocycles. The van der Waals surface area contributed by atoms with Gasteiger partial charge in [-0.1, -0.05) is 48.5 Å². The van der Waals surface area contributed by atoms with E-state index in [1.54, 1.807) is 6.33 Å². The van der Waals surface area contributed by atoms with Crippen LogP contribution in [0.1, 0.15) is 39.4 Å². The number of hydrogen-bond donors (Lipinski definition) is 2. The first-order chi connectivity index (χ1) is 13.3. The minimum atomic E-state index is -0.00507. The molecule has 1 atom stereocenters. The summed E-state index contributed by atoms with van der Waals surface area (Å²) in [7, 11) is 0. The van der Waals surface area contributed by atoms with Crippen LogP contribution in [0.15, 0.2) is 60.9 Å². The first kappa shape index (κ1) is 16.1. The molecule has 0 radical (unpaired) electrons. The predicted molar refractivity (Wildman–Crippen MR) is 106 cm³/mol. The molecule has 27 heavy (non-hydrogen) atoms. The third-order valence-electron chi connectivity index (χ3n) is 5.61. The standard InChI is InChI=1S/C23H21N3O/c27-23(16-10-11-19-20(13-16)25-14-24-19)22-17-8-4-5-9-18(17)26-21(22)12-15-6-2-1-3-7-15/h1-9,14,16,26H,10-13H2,(H,24,25). The van der Waals surface area contributed by atoms with Crippen LogP contribution in [-0.2, 0) is 19.3 Å². The molecule has 5 rings (SSSR count). The summed E-state index contributed by atoms with van der Waals surface area (Å²) in [5.41, 5.74) is 6.34. The minimum absolute atomic E-state index is 0.00507. The maximum atomic E-state index is 13.6. The lowest BCUT2D eigenvalue weighted by Crippen LogP contribution is -2.23. The molecule has 0 amide bonds. The van der Waals surface area contributed by atoms with Gasteiger partial charge >= 0.3 is 0 Å². The van der Waals surface area contributed by atoms with E-state index in [-0.39, 0.29) is 11.7 Å². The average Bonchev–Trinajstić information content (AvgIpc) is 3.31. The third kappa shape index (κ3) is 2.87. The normalized spacial score (nSPS) is 16.4. The molecule has 1 unspecified atom stereocenters. The molecule has 1 aliphatic carbocycles. The summed E-state index contributed by atoms with van der Waals surface area (Å²) in [6.45, 7) is 0. The minimum Gasteiger partial charge on any atom is -0.357 e. The molecule has 0 saturated heterocycles. The number of carbonyl (C=O) groups is 1. The van der Waals surface area contributed by atoms with Gasteiger partial charge in [-0.05, 0) is 24.5 Å². The van der Waals surface area contributed by atoms with Gasteiger partial charge in [0.2, 0.25) is 0 Å². The van der Waals surface area contributed by atoms with E-state index in [4.69, 9.17) is 0 Å². The maximum Gasteiger partial charge on any atom is 0.168 e. The molecule has 4 nitrogen and oxygen atoms in total. The molecule has 2 aromatic heterocycles. The second kappa shape index (κ2) is 6.54. The van der Waals surface area contributed by atoms with Gasteiger partial charge in [0.1, 0.15) is 0 Å². The zero-order valence-corrected chi connectivity index (χ0v) is 15.0. The van der Waals surface area contributed by atoms with Crippen LogP contribution in [0.3, 0.4) is 0 Å². The fourth-order valence-electron chi connectivity index (χ4n) is 4.24. The fourth-order valence-corrected chi connectivity index (χ4v) is 4.24. The molecule has 0 spiro atoms. The number of rotatable bonds is 4. The first-order valence-electron chi connectivity index (χ1n) is 9.48. The maximum absolute atomic E-state index is 13.6. The number of benzene rings is 2. The third-order valence-corrected chi connectivity index (χ3v) is 5.61. The van der Waals surface area contributed by atoms with Gasteiger partial charge in [-0.2, -0.15) is 0 Å². The number of carbonyl (C=O) groups excluding carboxylic acids is 1. The van der Waals surface area contributed by atoms with Gasteiger partial charge in [0.05, 0.1) is 12.0 Å². The Morgan fingerprint density at radius 2 is 1.89 bits per heavy atom. The van der Waals surface area contributed by atoms with Crippen molar-refractivity contribution in [3.63, 3.8) is 0 Å². The van der Waals surface area contributed by atoms with E-state index in [2.05, 4.69) is 33.2 Å². The van der Waals surface area contributed by atoms with Crippen molar-refractivity contribution in [2.75, 3.05) is 0 Å². The first-order valence-corrected chi connectivity index (χ1v) is 9.48. The number of ketones is 1. The zero-order valence-electron chi connectivity index (χ0n) is 15.0. The van der Waals surface area contributed by atoms with E-state index in [0.717, 1.165) is 53.5 Å². The van der Waals surface area contributed by atoms with Crippen LogP contribution in [0.2, 0.25) is 0 Å². The summed E-state index contributed by atoms with van der Waals surface area (Å²) in [6, 6.07) is 18.4. The Kier molecular flexibility index (Phi) is 3.89. The van der Waals surface area contributed by atoms with Crippen LogP contribution in [0, 0.1) is 5.92 Å². The summed E-state index contributed by atoms with van der Waals surface area (Å²) < 4.78 is 0. The second-order valence-electron chi connectivity index (χ2n) is 7.32. The Bertz CT molecular complexity index is 1110. The van der Waals surface area contributed by atoms with Crippen molar-refractivity contribution >= 4 is 16.7 Å². The number of Topliss-reactive ketones (excluding diaryl/α,β-unsaturated/α-hetero) is 1. The SMILES string of the molecule is O=C(c1c(Cc2ccccc2)[nH]c2ccccc12)C1CCc2[nH]cnc2C1. The Labute approximate surface area is 157 Å². The monoisotopic (exact) mass is 355 g/mol. The lowest BCUT2D eigenvalue weighted by molar-refractivity contribution is 0.0908. The highest BCUT2D eigenvalue weighted by atomic mass is 16.1. The van der Waals surface area contributed by atoms with Crippen LogP contribution >= 0.6 is 0 Å². The number of fused-ring (bicyclic) bond motifs is 2. The van der Waals surface area contributed by atoms with Crippen LogP contribution in [0.5, 0.6) is 0 Å². The molecule has 2 aromatic carbocycles. The van der Waals surface area contributed by atoms with E-state index < -0.39 is 0 Å². The lowest BCUT2D eigenvalue weighted by atomic mass is 9.83. The van der Waals surface area contributed by atoms with Gasteiger partial charge in [-0.15, -0.1) is 0 Å². The Balaban J connectivity index is 1.55. The number of aromatic nitrogens is 3. The largest absolute Gasteiger partial charge is 0.357 e. The molecule has 134 valence electrons. The molecule has 0 saturated carbocycles. The van der Waals surface area contributed by atoms with Crippen molar-refractivity contribution in [2.45, 2.75) is 25.7 Å². The van der Waals surface area contributed by atoms with Crippen LogP contribution < -0.4 is 0 Å². The second-order valence-corrected chi connectivity index (χ2v) is 7.32. The van der Waals surface area contributed by atoms with E-state index in [9.17, 15) is 4.79 Å². The van der Waals surface area contributed by atoms with Crippen LogP contribution in [-0.4, -0.2) is 20.7 Å². The van der Waals surface area contributed by atoms with Gasteiger partial charge in [0.25, 0.3) is 0 Å². The topological polar surface area (TPSA) is 61.5 Å². The van der Waals surface area contributed by atoms with Crippen molar-refractivity contribution in [3.8, 4) is 0 Å². The van der Waals surface area contributed by atoms with Crippen molar-refractivity contribution in [3.05, 3.63) is 89.1 Å². The molecule has 0 bridgehead atoms. The Hall–Kier alpha value is -3.14. The molecule has 0 fully saturated rings. The van der Waals surface area contributed by atoms with Crippen molar-refractivity contribution in [1.82, 2.24) is 15.0 Å². The van der Waals surface area contributed by atoms with E-state index in [0.29, 0.717) is 0 Å². The average molecular weight is 355 g/mol. The van der Waals surface area contributed by atoms with Crippen molar-refractivity contribution < 1.29 is 4.79 Å². The van der Waals surface area contributed by atoms with E-state index in [1.807, 2.05) is 36.4 Å². The van der Waals surface area contributed by atoms with Crippen molar-refractivity contribution in [2.24, 2.45) is 5.92 Å². The van der Waals surface area contributed by atoms with Crippen molar-refractivity contribution in [1.29, 1.82) is 0 Å². The highest BCUT2D eigenvalue weighted by Gasteiger charge is 2.30. The number of nitrogens with one attached hydrogen (secondary N) is 2. The van der Waals surface area contributed by atoms with Gasteiger partial charge in [0.15, 0.2) is 5.78 Å². The quantitative estimate of drug-likeness (QED) is 0.531. The number of imidazole rings is 1. The number of H-pyrrole nitrogens is 2. The number of nitrogens with zero attached hydrogens (tertiary/aromatic N) is 1. The summed E-state index contributed by atoms with van der Waals surface area (Å²) in [6.07, 6.45) is 4.96. The van der Waals surface area contributed by atoms with Crippen LogP contribution in [0.25, 0.3) is 10.9 Å². The van der Waals surface area contributed by atoms with Gasteiger partial charge in [-0.3, -0.25) is 4.79 Å². The Morgan fingerprint density at radius 1 is 1.07 bits per heavy atom. The summed E-state index contributed by atoms with van der Waals surface area (Å²) in [4.78, 5) is 24.7. The summed E-state index contributed by atoms with van der Waals surface area (Å²) in [5.74, 6) is 0.238. The van der Waals surface area contributed by atoms with E-state index in [1.165, 1.54) is 11.3 Å². The molecule has 0 aliphatic heterocycles. The molecule has 4 heteroatoms. The lowest BCUT2D eigenvalue weighted by Gasteiger charge is -2.20.